The third kappa shape index (κ3) is 3.89. The molecule has 0 bridgehead atoms. The number of benzene rings is 1. The van der Waals surface area contributed by atoms with Gasteiger partial charge in [0, 0.05) is 11.3 Å². The minimum absolute atomic E-state index is 0.169. The second kappa shape index (κ2) is 7.86. The van der Waals surface area contributed by atoms with Crippen LogP contribution in [0.5, 0.6) is 0 Å². The zero-order valence-electron chi connectivity index (χ0n) is 15.2. The molecule has 0 fully saturated rings. The fourth-order valence-corrected chi connectivity index (χ4v) is 2.68. The summed E-state index contributed by atoms with van der Waals surface area (Å²) in [6.45, 7) is 5.14. The van der Waals surface area contributed by atoms with Crippen molar-refractivity contribution in [1.29, 1.82) is 0 Å². The zero-order chi connectivity index (χ0) is 19.4. The second-order valence-electron chi connectivity index (χ2n) is 5.80. The van der Waals surface area contributed by atoms with Crippen molar-refractivity contribution in [2.24, 2.45) is 0 Å². The lowest BCUT2D eigenvalue weighted by molar-refractivity contribution is 0.0428. The first-order valence-electron chi connectivity index (χ1n) is 8.42. The summed E-state index contributed by atoms with van der Waals surface area (Å²) in [5.74, 6) is -0.503. The molecule has 140 valence electrons. The van der Waals surface area contributed by atoms with Crippen LogP contribution in [0.25, 0.3) is 11.4 Å². The molecule has 2 heterocycles. The number of esters is 2. The summed E-state index contributed by atoms with van der Waals surface area (Å²) in [6.07, 6.45) is 0. The van der Waals surface area contributed by atoms with E-state index in [-0.39, 0.29) is 24.8 Å². The fraction of sp³-hybridized carbons (Fsp3) is 0.263. The smallest absolute Gasteiger partial charge is 0.355 e. The first-order chi connectivity index (χ1) is 13.0. The van der Waals surface area contributed by atoms with Crippen LogP contribution in [0, 0.1) is 13.8 Å². The molecule has 8 nitrogen and oxygen atoms in total. The predicted octanol–water partition coefficient (Wildman–Crippen LogP) is 3.22. The second-order valence-corrected chi connectivity index (χ2v) is 5.80. The average molecular weight is 369 g/mol. The first-order valence-corrected chi connectivity index (χ1v) is 8.42. The van der Waals surface area contributed by atoms with Gasteiger partial charge in [0.2, 0.25) is 5.82 Å². The molecule has 8 heteroatoms. The lowest BCUT2D eigenvalue weighted by atomic mass is 10.1. The SMILES string of the molecule is CCOC(=O)c1[nH]c(C)c(C(=O)OCc2nc(-c3ccccc3)no2)c1C. The number of aryl methyl sites for hydroxylation is 1. The number of hydrogen-bond acceptors (Lipinski definition) is 7. The fourth-order valence-electron chi connectivity index (χ4n) is 2.68. The summed E-state index contributed by atoms with van der Waals surface area (Å²) < 4.78 is 15.4. The maximum Gasteiger partial charge on any atom is 0.355 e. The molecule has 0 atom stereocenters. The molecule has 0 radical (unpaired) electrons. The number of aromatic amines is 1. The van der Waals surface area contributed by atoms with Crippen molar-refractivity contribution in [2.45, 2.75) is 27.4 Å². The number of carbonyl (C=O) groups excluding carboxylic acids is 2. The number of aromatic nitrogens is 3. The van der Waals surface area contributed by atoms with Crippen molar-refractivity contribution < 1.29 is 23.6 Å². The van der Waals surface area contributed by atoms with Crippen molar-refractivity contribution >= 4 is 11.9 Å². The van der Waals surface area contributed by atoms with Crippen molar-refractivity contribution in [3.8, 4) is 11.4 Å². The van der Waals surface area contributed by atoms with Crippen molar-refractivity contribution in [3.63, 3.8) is 0 Å². The lowest BCUT2D eigenvalue weighted by Crippen LogP contribution is -2.09. The quantitative estimate of drug-likeness (QED) is 0.665. The van der Waals surface area contributed by atoms with E-state index < -0.39 is 11.9 Å². The van der Waals surface area contributed by atoms with E-state index in [4.69, 9.17) is 14.0 Å². The normalized spacial score (nSPS) is 10.6. The molecular formula is C19H19N3O5. The van der Waals surface area contributed by atoms with Crippen molar-refractivity contribution in [2.75, 3.05) is 6.61 Å². The van der Waals surface area contributed by atoms with Gasteiger partial charge >= 0.3 is 11.9 Å². The Morgan fingerprint density at radius 3 is 2.56 bits per heavy atom. The van der Waals surface area contributed by atoms with Crippen LogP contribution in [0.15, 0.2) is 34.9 Å². The molecule has 0 saturated carbocycles. The van der Waals surface area contributed by atoms with E-state index in [1.165, 1.54) is 0 Å². The Hall–Kier alpha value is -3.42. The van der Waals surface area contributed by atoms with Gasteiger partial charge in [0.15, 0.2) is 6.61 Å². The number of H-pyrrole nitrogens is 1. The molecule has 0 spiro atoms. The zero-order valence-corrected chi connectivity index (χ0v) is 15.2. The van der Waals surface area contributed by atoms with Gasteiger partial charge in [-0.2, -0.15) is 4.98 Å². The number of nitrogens with zero attached hydrogens (tertiary/aromatic N) is 2. The molecule has 0 aliphatic carbocycles. The van der Waals surface area contributed by atoms with E-state index in [0.29, 0.717) is 22.6 Å². The van der Waals surface area contributed by atoms with Crippen LogP contribution in [0.3, 0.4) is 0 Å². The number of ether oxygens (including phenoxy) is 2. The van der Waals surface area contributed by atoms with Gasteiger partial charge in [0.1, 0.15) is 5.69 Å². The summed E-state index contributed by atoms with van der Waals surface area (Å²) in [5.41, 5.74) is 2.34. The molecule has 0 saturated heterocycles. The highest BCUT2D eigenvalue weighted by Crippen LogP contribution is 2.21. The van der Waals surface area contributed by atoms with Gasteiger partial charge in [-0.25, -0.2) is 9.59 Å². The van der Waals surface area contributed by atoms with Gasteiger partial charge in [-0.1, -0.05) is 35.5 Å². The Morgan fingerprint density at radius 2 is 1.85 bits per heavy atom. The summed E-state index contributed by atoms with van der Waals surface area (Å²) in [5, 5.41) is 3.88. The number of hydrogen-bond donors (Lipinski definition) is 1. The Balaban J connectivity index is 1.70. The Bertz CT molecular complexity index is 959. The molecule has 0 amide bonds. The molecule has 1 N–H and O–H groups in total. The molecule has 3 rings (SSSR count). The molecule has 0 aliphatic heterocycles. The maximum atomic E-state index is 12.4. The van der Waals surface area contributed by atoms with E-state index in [2.05, 4.69) is 15.1 Å². The molecule has 1 aromatic carbocycles. The van der Waals surface area contributed by atoms with E-state index in [9.17, 15) is 9.59 Å². The minimum Gasteiger partial charge on any atom is -0.461 e. The highest BCUT2D eigenvalue weighted by molar-refractivity contribution is 5.98. The summed E-state index contributed by atoms with van der Waals surface area (Å²) in [4.78, 5) is 31.5. The van der Waals surface area contributed by atoms with Crippen molar-refractivity contribution in [3.05, 3.63) is 58.7 Å². The van der Waals surface area contributed by atoms with Gasteiger partial charge in [-0.3, -0.25) is 0 Å². The van der Waals surface area contributed by atoms with E-state index >= 15 is 0 Å². The van der Waals surface area contributed by atoms with Gasteiger partial charge in [0.05, 0.1) is 12.2 Å². The summed E-state index contributed by atoms with van der Waals surface area (Å²) >= 11 is 0. The average Bonchev–Trinajstić information content (AvgIpc) is 3.25. The van der Waals surface area contributed by atoms with Crippen LogP contribution in [0.1, 0.15) is 44.9 Å². The highest BCUT2D eigenvalue weighted by Gasteiger charge is 2.24. The standard InChI is InChI=1S/C19H19N3O5/c1-4-25-19(24)16-11(2)15(12(3)20-16)18(23)26-10-14-21-17(22-27-14)13-8-6-5-7-9-13/h5-9,20H,4,10H2,1-3H3. The van der Waals surface area contributed by atoms with Gasteiger partial charge < -0.3 is 19.0 Å². The molecule has 3 aromatic rings. The number of rotatable bonds is 6. The number of nitrogens with one attached hydrogen (secondary N) is 1. The number of carbonyl (C=O) groups is 2. The minimum atomic E-state index is -0.587. The Labute approximate surface area is 155 Å². The first kappa shape index (κ1) is 18.4. The third-order valence-electron chi connectivity index (χ3n) is 3.95. The summed E-state index contributed by atoms with van der Waals surface area (Å²) in [7, 11) is 0. The van der Waals surface area contributed by atoms with E-state index in [1.807, 2.05) is 30.3 Å². The molecule has 0 aliphatic rings. The van der Waals surface area contributed by atoms with E-state index in [1.54, 1.807) is 20.8 Å². The van der Waals surface area contributed by atoms with Crippen LogP contribution in [0.2, 0.25) is 0 Å². The van der Waals surface area contributed by atoms with Crippen LogP contribution in [-0.4, -0.2) is 33.7 Å². The topological polar surface area (TPSA) is 107 Å². The van der Waals surface area contributed by atoms with Gasteiger partial charge in [-0.05, 0) is 26.3 Å². The van der Waals surface area contributed by atoms with Crippen LogP contribution < -0.4 is 0 Å². The Morgan fingerprint density at radius 1 is 1.11 bits per heavy atom. The molecule has 2 aromatic heterocycles. The lowest BCUT2D eigenvalue weighted by Gasteiger charge is -2.03. The maximum absolute atomic E-state index is 12.4. The highest BCUT2D eigenvalue weighted by atomic mass is 16.6. The molecular weight excluding hydrogens is 350 g/mol. The van der Waals surface area contributed by atoms with Gasteiger partial charge in [0.25, 0.3) is 5.89 Å². The van der Waals surface area contributed by atoms with Crippen LogP contribution in [0.4, 0.5) is 0 Å². The predicted molar refractivity (Wildman–Crippen MR) is 95.1 cm³/mol. The Kier molecular flexibility index (Phi) is 5.35. The van der Waals surface area contributed by atoms with Crippen LogP contribution in [-0.2, 0) is 16.1 Å². The summed E-state index contributed by atoms with van der Waals surface area (Å²) in [6, 6.07) is 9.32. The van der Waals surface area contributed by atoms with Gasteiger partial charge in [-0.15, -0.1) is 0 Å². The molecule has 27 heavy (non-hydrogen) atoms. The third-order valence-corrected chi connectivity index (χ3v) is 3.95. The van der Waals surface area contributed by atoms with Crippen molar-refractivity contribution in [1.82, 2.24) is 15.1 Å². The molecule has 0 unspecified atom stereocenters. The van der Waals surface area contributed by atoms with Crippen LogP contribution >= 0.6 is 0 Å². The monoisotopic (exact) mass is 369 g/mol. The largest absolute Gasteiger partial charge is 0.461 e. The van der Waals surface area contributed by atoms with E-state index in [0.717, 1.165) is 5.56 Å².